The molecule has 0 aliphatic carbocycles. The Morgan fingerprint density at radius 1 is 1.10 bits per heavy atom. The van der Waals surface area contributed by atoms with Gasteiger partial charge in [-0.2, -0.15) is 0 Å². The highest BCUT2D eigenvalue weighted by Gasteiger charge is 2.18. The Kier molecular flexibility index (Phi) is 3.94. The summed E-state index contributed by atoms with van der Waals surface area (Å²) in [6.45, 7) is 0.988. The molecule has 4 nitrogen and oxygen atoms in total. The summed E-state index contributed by atoms with van der Waals surface area (Å²) in [7, 11) is -3.50. The molecule has 3 rings (SSSR count). The molecule has 2 aromatic rings. The molecule has 21 heavy (non-hydrogen) atoms. The molecule has 1 heterocycles. The summed E-state index contributed by atoms with van der Waals surface area (Å²) in [5.41, 5.74) is 1.89. The normalized spacial score (nSPS) is 14.3. The molecule has 1 aliphatic rings. The number of nitrogens with one attached hydrogen (secondary N) is 1. The first-order valence-corrected chi connectivity index (χ1v) is 8.43. The molecule has 110 valence electrons. The zero-order valence-electron chi connectivity index (χ0n) is 11.6. The maximum atomic E-state index is 12.3. The minimum absolute atomic E-state index is 0.288. The monoisotopic (exact) mass is 303 g/mol. The lowest BCUT2D eigenvalue weighted by Gasteiger charge is -2.18. The van der Waals surface area contributed by atoms with Crippen molar-refractivity contribution in [3.8, 4) is 5.75 Å². The van der Waals surface area contributed by atoms with Gasteiger partial charge in [0.2, 0.25) is 10.0 Å². The van der Waals surface area contributed by atoms with Gasteiger partial charge in [0, 0.05) is 6.54 Å². The fourth-order valence-electron chi connectivity index (χ4n) is 2.36. The van der Waals surface area contributed by atoms with Crippen molar-refractivity contribution in [3.05, 3.63) is 59.7 Å². The molecule has 0 unspecified atom stereocenters. The van der Waals surface area contributed by atoms with Crippen molar-refractivity contribution in [1.29, 1.82) is 0 Å². The van der Waals surface area contributed by atoms with Crippen LogP contribution in [0.25, 0.3) is 0 Å². The molecule has 0 bridgehead atoms. The number of benzene rings is 2. The third-order valence-corrected chi connectivity index (χ3v) is 4.90. The van der Waals surface area contributed by atoms with Crippen molar-refractivity contribution in [2.45, 2.75) is 24.3 Å². The Balaban J connectivity index is 1.78. The Morgan fingerprint density at radius 3 is 2.71 bits per heavy atom. The summed E-state index contributed by atoms with van der Waals surface area (Å²) in [6.07, 6.45) is 1.78. The van der Waals surface area contributed by atoms with Gasteiger partial charge in [-0.15, -0.1) is 0 Å². The first-order chi connectivity index (χ1) is 10.1. The molecule has 1 aliphatic heterocycles. The van der Waals surface area contributed by atoms with Gasteiger partial charge in [-0.1, -0.05) is 30.3 Å². The molecular weight excluding hydrogens is 286 g/mol. The van der Waals surface area contributed by atoms with E-state index < -0.39 is 10.0 Å². The van der Waals surface area contributed by atoms with Crippen molar-refractivity contribution in [3.63, 3.8) is 0 Å². The third kappa shape index (κ3) is 3.25. The SMILES string of the molecule is O=S(=O)(NCc1ccccc1)c1ccc2c(c1)CCCO2. The van der Waals surface area contributed by atoms with Crippen molar-refractivity contribution in [2.75, 3.05) is 6.61 Å². The van der Waals surface area contributed by atoms with E-state index in [1.54, 1.807) is 18.2 Å². The molecule has 2 aromatic carbocycles. The van der Waals surface area contributed by atoms with Gasteiger partial charge in [0.25, 0.3) is 0 Å². The fourth-order valence-corrected chi connectivity index (χ4v) is 3.43. The van der Waals surface area contributed by atoms with Gasteiger partial charge in [-0.05, 0) is 42.2 Å². The van der Waals surface area contributed by atoms with Gasteiger partial charge >= 0.3 is 0 Å². The van der Waals surface area contributed by atoms with Crippen LogP contribution in [0.5, 0.6) is 5.75 Å². The van der Waals surface area contributed by atoms with E-state index in [0.29, 0.717) is 11.5 Å². The molecule has 5 heteroatoms. The summed E-state index contributed by atoms with van der Waals surface area (Å²) >= 11 is 0. The lowest BCUT2D eigenvalue weighted by atomic mass is 10.1. The van der Waals surface area contributed by atoms with E-state index in [0.717, 1.165) is 29.7 Å². The van der Waals surface area contributed by atoms with Gasteiger partial charge in [0.1, 0.15) is 5.75 Å². The van der Waals surface area contributed by atoms with Gasteiger partial charge < -0.3 is 4.74 Å². The highest BCUT2D eigenvalue weighted by molar-refractivity contribution is 7.89. The summed E-state index contributed by atoms with van der Waals surface area (Å²) in [5.74, 6) is 0.795. The number of ether oxygens (including phenoxy) is 1. The molecule has 1 N–H and O–H groups in total. The third-order valence-electron chi connectivity index (χ3n) is 3.50. The molecule has 0 atom stereocenters. The van der Waals surface area contributed by atoms with Crippen LogP contribution in [0.1, 0.15) is 17.5 Å². The zero-order chi connectivity index (χ0) is 14.7. The number of rotatable bonds is 4. The largest absolute Gasteiger partial charge is 0.493 e. The molecule has 0 saturated carbocycles. The smallest absolute Gasteiger partial charge is 0.240 e. The van der Waals surface area contributed by atoms with Crippen LogP contribution in [-0.2, 0) is 23.0 Å². The van der Waals surface area contributed by atoms with Gasteiger partial charge in [-0.25, -0.2) is 13.1 Å². The highest BCUT2D eigenvalue weighted by Crippen LogP contribution is 2.27. The second-order valence-corrected chi connectivity index (χ2v) is 6.80. The first kappa shape index (κ1) is 14.1. The van der Waals surface area contributed by atoms with E-state index in [1.165, 1.54) is 0 Å². The topological polar surface area (TPSA) is 55.4 Å². The van der Waals surface area contributed by atoms with Crippen LogP contribution in [0.4, 0.5) is 0 Å². The van der Waals surface area contributed by atoms with E-state index in [2.05, 4.69) is 4.72 Å². The van der Waals surface area contributed by atoms with Gasteiger partial charge in [-0.3, -0.25) is 0 Å². The van der Waals surface area contributed by atoms with Crippen LogP contribution in [0.2, 0.25) is 0 Å². The summed E-state index contributed by atoms with van der Waals surface area (Å²) < 4.78 is 32.8. The minimum Gasteiger partial charge on any atom is -0.493 e. The van der Waals surface area contributed by atoms with E-state index in [9.17, 15) is 8.42 Å². The Hall–Kier alpha value is -1.85. The van der Waals surface area contributed by atoms with Gasteiger partial charge in [0.05, 0.1) is 11.5 Å². The lowest BCUT2D eigenvalue weighted by Crippen LogP contribution is -2.23. The lowest BCUT2D eigenvalue weighted by molar-refractivity contribution is 0.288. The van der Waals surface area contributed by atoms with Crippen molar-refractivity contribution in [1.82, 2.24) is 4.72 Å². The summed E-state index contributed by atoms with van der Waals surface area (Å²) in [6, 6.07) is 14.5. The Bertz CT molecular complexity index is 726. The first-order valence-electron chi connectivity index (χ1n) is 6.94. The number of sulfonamides is 1. The predicted octanol–water partition coefficient (Wildman–Crippen LogP) is 2.49. The number of aryl methyl sites for hydroxylation is 1. The number of hydrogen-bond acceptors (Lipinski definition) is 3. The molecule has 0 saturated heterocycles. The summed E-state index contributed by atoms with van der Waals surface area (Å²) in [5, 5.41) is 0. The maximum absolute atomic E-state index is 12.3. The Labute approximate surface area is 124 Å². The van der Waals surface area contributed by atoms with Crippen LogP contribution in [0.15, 0.2) is 53.4 Å². The van der Waals surface area contributed by atoms with E-state index in [1.807, 2.05) is 30.3 Å². The molecule has 0 fully saturated rings. The van der Waals surface area contributed by atoms with Gasteiger partial charge in [0.15, 0.2) is 0 Å². The number of hydrogen-bond donors (Lipinski definition) is 1. The van der Waals surface area contributed by atoms with Crippen molar-refractivity contribution in [2.24, 2.45) is 0 Å². The average molecular weight is 303 g/mol. The van der Waals surface area contributed by atoms with Crippen molar-refractivity contribution >= 4 is 10.0 Å². The van der Waals surface area contributed by atoms with Crippen LogP contribution in [0.3, 0.4) is 0 Å². The molecule has 0 aromatic heterocycles. The predicted molar refractivity (Wildman–Crippen MR) is 80.7 cm³/mol. The van der Waals surface area contributed by atoms with E-state index in [-0.39, 0.29) is 6.54 Å². The standard InChI is InChI=1S/C16H17NO3S/c18-21(19,17-12-13-5-2-1-3-6-13)15-8-9-16-14(11-15)7-4-10-20-16/h1-3,5-6,8-9,11,17H,4,7,10,12H2. The van der Waals surface area contributed by atoms with E-state index >= 15 is 0 Å². The minimum atomic E-state index is -3.50. The second-order valence-electron chi connectivity index (χ2n) is 5.03. The van der Waals surface area contributed by atoms with Crippen LogP contribution < -0.4 is 9.46 Å². The molecular formula is C16H17NO3S. The second kappa shape index (κ2) is 5.87. The van der Waals surface area contributed by atoms with E-state index in [4.69, 9.17) is 4.74 Å². The average Bonchev–Trinajstić information content (AvgIpc) is 2.53. The molecule has 0 amide bonds. The maximum Gasteiger partial charge on any atom is 0.240 e. The van der Waals surface area contributed by atoms with Crippen LogP contribution >= 0.6 is 0 Å². The quantitative estimate of drug-likeness (QED) is 0.944. The van der Waals surface area contributed by atoms with Crippen LogP contribution in [0, 0.1) is 0 Å². The fraction of sp³-hybridized carbons (Fsp3) is 0.250. The van der Waals surface area contributed by atoms with Crippen molar-refractivity contribution < 1.29 is 13.2 Å². The zero-order valence-corrected chi connectivity index (χ0v) is 12.4. The van der Waals surface area contributed by atoms with Crippen LogP contribution in [-0.4, -0.2) is 15.0 Å². The number of fused-ring (bicyclic) bond motifs is 1. The molecule has 0 radical (unpaired) electrons. The Morgan fingerprint density at radius 2 is 1.90 bits per heavy atom. The highest BCUT2D eigenvalue weighted by atomic mass is 32.2. The molecule has 0 spiro atoms. The summed E-state index contributed by atoms with van der Waals surface area (Å²) in [4.78, 5) is 0.294.